The predicted molar refractivity (Wildman–Crippen MR) is 87.3 cm³/mol. The first-order valence-electron chi connectivity index (χ1n) is 8.07. The van der Waals surface area contributed by atoms with Crippen LogP contribution in [0.2, 0.25) is 0 Å². The summed E-state index contributed by atoms with van der Waals surface area (Å²) >= 11 is 1.43. The van der Waals surface area contributed by atoms with Crippen molar-refractivity contribution in [3.63, 3.8) is 0 Å². The molecular formula is C14H25N5O2S. The van der Waals surface area contributed by atoms with Gasteiger partial charge in [0.15, 0.2) is 6.17 Å². The number of quaternary nitrogens is 1. The first kappa shape index (κ1) is 16.2. The van der Waals surface area contributed by atoms with Gasteiger partial charge >= 0.3 is 5.13 Å². The van der Waals surface area contributed by atoms with Gasteiger partial charge in [-0.3, -0.25) is 4.65 Å². The lowest BCUT2D eigenvalue weighted by Gasteiger charge is -2.45. The van der Waals surface area contributed by atoms with Gasteiger partial charge in [-0.1, -0.05) is 18.4 Å². The lowest BCUT2D eigenvalue weighted by Crippen LogP contribution is -2.59. The minimum Gasteiger partial charge on any atom is -0.623 e. The predicted octanol–water partition coefficient (Wildman–Crippen LogP) is 1.38. The maximum atomic E-state index is 13.6. The van der Waals surface area contributed by atoms with Crippen molar-refractivity contribution in [3.8, 4) is 0 Å². The summed E-state index contributed by atoms with van der Waals surface area (Å²) < 4.78 is 5.06. The molecule has 7 nitrogen and oxygen atoms in total. The van der Waals surface area contributed by atoms with Gasteiger partial charge in [-0.15, -0.1) is 5.10 Å². The molecular weight excluding hydrogens is 302 g/mol. The normalized spacial score (nSPS) is 31.0. The van der Waals surface area contributed by atoms with Crippen LogP contribution in [0.4, 0.5) is 5.13 Å². The number of hydrogen-bond donors (Lipinski definition) is 0. The molecule has 0 radical (unpaired) electrons. The van der Waals surface area contributed by atoms with E-state index in [1.54, 1.807) is 0 Å². The van der Waals surface area contributed by atoms with Crippen LogP contribution in [0.3, 0.4) is 0 Å². The molecule has 2 unspecified atom stereocenters. The Morgan fingerprint density at radius 3 is 2.77 bits per heavy atom. The third kappa shape index (κ3) is 3.17. The van der Waals surface area contributed by atoms with Gasteiger partial charge in [0, 0.05) is 19.6 Å². The van der Waals surface area contributed by atoms with Crippen molar-refractivity contribution in [2.24, 2.45) is 0 Å². The summed E-state index contributed by atoms with van der Waals surface area (Å²) in [4.78, 5) is 4.56. The molecule has 2 saturated heterocycles. The highest BCUT2D eigenvalue weighted by Gasteiger charge is 2.46. The van der Waals surface area contributed by atoms with Gasteiger partial charge in [0.1, 0.15) is 11.7 Å². The molecule has 2 atom stereocenters. The molecule has 3 heterocycles. The molecule has 22 heavy (non-hydrogen) atoms. The molecule has 2 aliphatic rings. The topological polar surface area (TPSA) is 64.5 Å². The van der Waals surface area contributed by atoms with E-state index in [0.29, 0.717) is 25.0 Å². The van der Waals surface area contributed by atoms with Crippen molar-refractivity contribution < 1.29 is 4.74 Å². The highest BCUT2D eigenvalue weighted by molar-refractivity contribution is 7.15. The van der Waals surface area contributed by atoms with E-state index in [2.05, 4.69) is 26.9 Å². The molecule has 1 aromatic heterocycles. The number of hydroxylamine groups is 2. The zero-order valence-corrected chi connectivity index (χ0v) is 14.2. The Kier molecular flexibility index (Phi) is 5.06. The van der Waals surface area contributed by atoms with Crippen molar-refractivity contribution in [2.45, 2.75) is 32.9 Å². The third-order valence-electron chi connectivity index (χ3n) is 4.45. The smallest absolute Gasteiger partial charge is 0.309 e. The van der Waals surface area contributed by atoms with E-state index in [1.807, 2.05) is 6.92 Å². The third-order valence-corrected chi connectivity index (χ3v) is 5.40. The van der Waals surface area contributed by atoms with Gasteiger partial charge in [0.25, 0.3) is 0 Å². The summed E-state index contributed by atoms with van der Waals surface area (Å²) in [6, 6.07) is 0. The lowest BCUT2D eigenvalue weighted by atomic mass is 10.3. The Morgan fingerprint density at radius 2 is 2.14 bits per heavy atom. The number of rotatable bonds is 5. The summed E-state index contributed by atoms with van der Waals surface area (Å²) in [7, 11) is 0. The lowest BCUT2D eigenvalue weighted by molar-refractivity contribution is -0.00417. The van der Waals surface area contributed by atoms with Crippen molar-refractivity contribution in [1.82, 2.24) is 24.6 Å². The van der Waals surface area contributed by atoms with Crippen LogP contribution in [0.5, 0.6) is 0 Å². The van der Waals surface area contributed by atoms with Crippen LogP contribution < -0.4 is 4.65 Å². The van der Waals surface area contributed by atoms with Gasteiger partial charge in [0.2, 0.25) is 0 Å². The fourth-order valence-corrected chi connectivity index (χ4v) is 4.00. The van der Waals surface area contributed by atoms with Crippen LogP contribution >= 0.6 is 11.3 Å². The summed E-state index contributed by atoms with van der Waals surface area (Å²) in [6.45, 7) is 9.43. The number of morpholine rings is 1. The minimum atomic E-state index is -0.380. The SMILES string of the molecule is CCCCN1CC(N2CCOCC2)[N+]([O-])(c2nnc(C)s2)C1. The van der Waals surface area contributed by atoms with Crippen molar-refractivity contribution in [1.29, 1.82) is 0 Å². The molecule has 0 aromatic carbocycles. The van der Waals surface area contributed by atoms with Crippen molar-refractivity contribution in [3.05, 3.63) is 10.2 Å². The summed E-state index contributed by atoms with van der Waals surface area (Å²) in [5.41, 5.74) is 0. The fourth-order valence-electron chi connectivity index (χ4n) is 3.24. The van der Waals surface area contributed by atoms with Crippen LogP contribution in [0.25, 0.3) is 0 Å². The largest absolute Gasteiger partial charge is 0.623 e. The highest BCUT2D eigenvalue weighted by atomic mass is 32.1. The fraction of sp³-hybridized carbons (Fsp3) is 0.857. The Hall–Kier alpha value is -0.640. The second-order valence-corrected chi connectivity index (χ2v) is 7.26. The van der Waals surface area contributed by atoms with Gasteiger partial charge in [-0.05, 0) is 24.7 Å². The Balaban J connectivity index is 1.82. The Bertz CT molecular complexity index is 493. The summed E-state index contributed by atoms with van der Waals surface area (Å²) in [5.74, 6) is 0. The first-order valence-corrected chi connectivity index (χ1v) is 8.88. The molecule has 124 valence electrons. The number of nitrogens with zero attached hydrogens (tertiary/aromatic N) is 5. The summed E-state index contributed by atoms with van der Waals surface area (Å²) in [5, 5.41) is 23.3. The molecule has 0 amide bonds. The Labute approximate surface area is 135 Å². The average Bonchev–Trinajstić information content (AvgIpc) is 3.11. The van der Waals surface area contributed by atoms with E-state index >= 15 is 0 Å². The van der Waals surface area contributed by atoms with Crippen LogP contribution in [0.1, 0.15) is 24.8 Å². The molecule has 0 spiro atoms. The second kappa shape index (κ2) is 6.86. The molecule has 0 aliphatic carbocycles. The van der Waals surface area contributed by atoms with E-state index in [-0.39, 0.29) is 10.8 Å². The number of unbranched alkanes of at least 4 members (excludes halogenated alkanes) is 1. The van der Waals surface area contributed by atoms with E-state index in [0.717, 1.165) is 44.0 Å². The maximum Gasteiger partial charge on any atom is 0.309 e. The zero-order valence-electron chi connectivity index (χ0n) is 13.4. The highest BCUT2D eigenvalue weighted by Crippen LogP contribution is 2.35. The number of aryl methyl sites for hydroxylation is 1. The molecule has 0 bridgehead atoms. The molecule has 3 rings (SSSR count). The summed E-state index contributed by atoms with van der Waals surface area (Å²) in [6.07, 6.45) is 2.19. The molecule has 8 heteroatoms. The second-order valence-electron chi connectivity index (χ2n) is 6.10. The van der Waals surface area contributed by atoms with E-state index in [9.17, 15) is 5.21 Å². The van der Waals surface area contributed by atoms with Crippen LogP contribution in [0, 0.1) is 12.1 Å². The van der Waals surface area contributed by atoms with E-state index in [1.165, 1.54) is 11.3 Å². The molecule has 0 saturated carbocycles. The van der Waals surface area contributed by atoms with Gasteiger partial charge in [-0.25, -0.2) is 9.80 Å². The van der Waals surface area contributed by atoms with Gasteiger partial charge in [-0.2, -0.15) is 0 Å². The molecule has 0 N–H and O–H groups in total. The quantitative estimate of drug-likeness (QED) is 0.601. The number of hydrogen-bond acceptors (Lipinski definition) is 7. The van der Waals surface area contributed by atoms with E-state index < -0.39 is 0 Å². The van der Waals surface area contributed by atoms with Crippen LogP contribution in [0.15, 0.2) is 0 Å². The first-order chi connectivity index (χ1) is 10.6. The number of aromatic nitrogens is 2. The standard InChI is InChI=1S/C14H25N5O2S/c1-3-4-5-17-10-13(18-6-8-21-9-7-18)19(20,11-17)14-16-15-12(2)22-14/h13H,3-11H2,1-2H3. The monoisotopic (exact) mass is 327 g/mol. The van der Waals surface area contributed by atoms with E-state index in [4.69, 9.17) is 4.74 Å². The van der Waals surface area contributed by atoms with Crippen LogP contribution in [-0.4, -0.2) is 72.2 Å². The average molecular weight is 327 g/mol. The van der Waals surface area contributed by atoms with Gasteiger partial charge in [0.05, 0.1) is 19.8 Å². The minimum absolute atomic E-state index is 0.0897. The maximum absolute atomic E-state index is 13.6. The van der Waals surface area contributed by atoms with Crippen molar-refractivity contribution in [2.75, 3.05) is 46.1 Å². The molecule has 2 aliphatic heterocycles. The molecule has 2 fully saturated rings. The van der Waals surface area contributed by atoms with Gasteiger partial charge < -0.3 is 9.94 Å². The number of ether oxygens (including phenoxy) is 1. The molecule has 1 aromatic rings. The van der Waals surface area contributed by atoms with Crippen molar-refractivity contribution >= 4 is 16.5 Å². The zero-order chi connectivity index (χ0) is 15.6. The van der Waals surface area contributed by atoms with Crippen LogP contribution in [-0.2, 0) is 4.74 Å². The Morgan fingerprint density at radius 1 is 1.36 bits per heavy atom.